The number of nitrogens with zero attached hydrogens (tertiary/aromatic N) is 2. The summed E-state index contributed by atoms with van der Waals surface area (Å²) >= 11 is 0. The molecule has 0 radical (unpaired) electrons. The molecule has 4 rings (SSSR count). The predicted molar refractivity (Wildman–Crippen MR) is 98.5 cm³/mol. The van der Waals surface area contributed by atoms with Crippen LogP contribution in [-0.4, -0.2) is 12.1 Å². The van der Waals surface area contributed by atoms with Gasteiger partial charge in [0.25, 0.3) is 0 Å². The van der Waals surface area contributed by atoms with Gasteiger partial charge >= 0.3 is 0 Å². The first-order chi connectivity index (χ1) is 11.6. The summed E-state index contributed by atoms with van der Waals surface area (Å²) in [4.78, 5) is 9.82. The standard InChI is InChI=1S/C22H24N2/c1-13(2)20(21-14(3)23-18-11-7-5-9-16(18)21)22-15(4)24-19-12-8-6-10-17(19)22/h5-15,20H,1-4H3. The maximum absolute atomic E-state index is 4.91. The molecule has 0 aromatic heterocycles. The van der Waals surface area contributed by atoms with Gasteiger partial charge in [-0.1, -0.05) is 50.2 Å². The molecule has 0 bridgehead atoms. The van der Waals surface area contributed by atoms with E-state index in [9.17, 15) is 0 Å². The zero-order chi connectivity index (χ0) is 16.8. The minimum Gasteiger partial charge on any atom is -0.277 e. The van der Waals surface area contributed by atoms with Gasteiger partial charge in [-0.25, -0.2) is 0 Å². The van der Waals surface area contributed by atoms with Crippen LogP contribution in [0.25, 0.3) is 11.1 Å². The zero-order valence-corrected chi connectivity index (χ0v) is 14.8. The van der Waals surface area contributed by atoms with E-state index in [4.69, 9.17) is 9.98 Å². The van der Waals surface area contributed by atoms with Gasteiger partial charge in [0, 0.05) is 16.4 Å². The van der Waals surface area contributed by atoms with Crippen molar-refractivity contribution in [3.63, 3.8) is 0 Å². The molecule has 2 aromatic carbocycles. The molecule has 2 nitrogen and oxygen atoms in total. The van der Waals surface area contributed by atoms with Crippen LogP contribution < -0.4 is 21.2 Å². The van der Waals surface area contributed by atoms with Crippen LogP contribution in [0, 0.1) is 11.8 Å². The summed E-state index contributed by atoms with van der Waals surface area (Å²) in [5.74, 6) is 0.900. The number of para-hydroxylation sites is 2. The number of benzene rings is 2. The lowest BCUT2D eigenvalue weighted by atomic mass is 9.76. The van der Waals surface area contributed by atoms with Crippen LogP contribution in [-0.2, 0) is 0 Å². The fourth-order valence-corrected chi connectivity index (χ4v) is 4.41. The molecule has 2 heteroatoms. The molecule has 24 heavy (non-hydrogen) atoms. The summed E-state index contributed by atoms with van der Waals surface area (Å²) in [6.07, 6.45) is 0. The Morgan fingerprint density at radius 3 is 1.54 bits per heavy atom. The lowest BCUT2D eigenvalue weighted by Gasteiger charge is -2.28. The molecule has 2 heterocycles. The number of hydrogen-bond donors (Lipinski definition) is 0. The minimum absolute atomic E-state index is 0.238. The molecular formula is C22H24N2. The summed E-state index contributed by atoms with van der Waals surface area (Å²) in [7, 11) is 0. The Hall–Kier alpha value is -2.22. The van der Waals surface area contributed by atoms with Gasteiger partial charge in [-0.3, -0.25) is 9.98 Å². The normalized spacial score (nSPS) is 22.9. The molecule has 0 N–H and O–H groups in total. The largest absolute Gasteiger partial charge is 0.277 e. The minimum atomic E-state index is 0.238. The second-order valence-corrected chi connectivity index (χ2v) is 7.28. The summed E-state index contributed by atoms with van der Waals surface area (Å²) < 4.78 is 0. The molecule has 2 aliphatic rings. The van der Waals surface area contributed by atoms with Gasteiger partial charge in [-0.2, -0.15) is 0 Å². The molecule has 122 valence electrons. The van der Waals surface area contributed by atoms with Gasteiger partial charge in [0.2, 0.25) is 0 Å². The van der Waals surface area contributed by atoms with E-state index in [1.165, 1.54) is 21.6 Å². The van der Waals surface area contributed by atoms with Gasteiger partial charge in [-0.15, -0.1) is 0 Å². The molecule has 0 amide bonds. The quantitative estimate of drug-likeness (QED) is 0.827. The third-order valence-electron chi connectivity index (χ3n) is 5.33. The average molecular weight is 316 g/mol. The molecule has 0 saturated heterocycles. The Labute approximate surface area is 143 Å². The molecule has 2 aliphatic heterocycles. The topological polar surface area (TPSA) is 24.7 Å². The lowest BCUT2D eigenvalue weighted by molar-refractivity contribution is 0.542. The van der Waals surface area contributed by atoms with Crippen molar-refractivity contribution in [2.45, 2.75) is 39.8 Å². The third-order valence-corrected chi connectivity index (χ3v) is 5.33. The first-order valence-electron chi connectivity index (χ1n) is 8.92. The average Bonchev–Trinajstić information content (AvgIpc) is 3.05. The number of hydrogen-bond acceptors (Lipinski definition) is 2. The maximum atomic E-state index is 4.91. The molecule has 0 fully saturated rings. The fourth-order valence-electron chi connectivity index (χ4n) is 4.41. The summed E-state index contributed by atoms with van der Waals surface area (Å²) in [6.45, 7) is 9.11. The van der Waals surface area contributed by atoms with E-state index < -0.39 is 0 Å². The van der Waals surface area contributed by atoms with Crippen LogP contribution in [0.5, 0.6) is 0 Å². The van der Waals surface area contributed by atoms with Crippen LogP contribution in [0.2, 0.25) is 0 Å². The smallest absolute Gasteiger partial charge is 0.0703 e. The van der Waals surface area contributed by atoms with Crippen LogP contribution >= 0.6 is 0 Å². The van der Waals surface area contributed by atoms with Gasteiger partial charge in [0.15, 0.2) is 0 Å². The van der Waals surface area contributed by atoms with Crippen molar-refractivity contribution in [3.8, 4) is 0 Å². The Bertz CT molecular complexity index is 949. The highest BCUT2D eigenvalue weighted by atomic mass is 14.8. The molecule has 0 spiro atoms. The van der Waals surface area contributed by atoms with Crippen LogP contribution in [0.1, 0.15) is 27.7 Å². The maximum Gasteiger partial charge on any atom is 0.0703 e. The molecule has 2 atom stereocenters. The van der Waals surface area contributed by atoms with E-state index in [0.717, 1.165) is 10.7 Å². The third kappa shape index (κ3) is 2.24. The molecule has 0 aliphatic carbocycles. The van der Waals surface area contributed by atoms with Crippen molar-refractivity contribution in [3.05, 3.63) is 69.7 Å². The monoisotopic (exact) mass is 316 g/mol. The second kappa shape index (κ2) is 5.70. The van der Waals surface area contributed by atoms with Crippen molar-refractivity contribution in [2.24, 2.45) is 21.8 Å². The SMILES string of the molecule is CC1N=c2ccccc2=C1C(C1=c2ccccc2=NC1C)C(C)C. The van der Waals surface area contributed by atoms with Crippen molar-refractivity contribution >= 4 is 11.1 Å². The van der Waals surface area contributed by atoms with E-state index in [-0.39, 0.29) is 12.1 Å². The van der Waals surface area contributed by atoms with E-state index in [1.54, 1.807) is 0 Å². The van der Waals surface area contributed by atoms with E-state index in [0.29, 0.717) is 11.8 Å². The summed E-state index contributed by atoms with van der Waals surface area (Å²) in [5, 5.41) is 4.94. The van der Waals surface area contributed by atoms with Crippen molar-refractivity contribution < 1.29 is 0 Å². The summed E-state index contributed by atoms with van der Waals surface area (Å²) in [6, 6.07) is 17.6. The first kappa shape index (κ1) is 15.3. The lowest BCUT2D eigenvalue weighted by Crippen LogP contribution is -2.32. The van der Waals surface area contributed by atoms with E-state index in [1.807, 2.05) is 0 Å². The predicted octanol–water partition coefficient (Wildman–Crippen LogP) is 2.00. The fraction of sp³-hybridized carbons (Fsp3) is 0.364. The Kier molecular flexibility index (Phi) is 3.64. The molecular weight excluding hydrogens is 292 g/mol. The van der Waals surface area contributed by atoms with Gasteiger partial charge < -0.3 is 0 Å². The van der Waals surface area contributed by atoms with Crippen LogP contribution in [0.4, 0.5) is 0 Å². The highest BCUT2D eigenvalue weighted by Crippen LogP contribution is 2.36. The highest BCUT2D eigenvalue weighted by molar-refractivity contribution is 5.72. The van der Waals surface area contributed by atoms with Crippen molar-refractivity contribution in [2.75, 3.05) is 0 Å². The number of fused-ring (bicyclic) bond motifs is 2. The molecule has 2 aromatic rings. The van der Waals surface area contributed by atoms with Crippen molar-refractivity contribution in [1.82, 2.24) is 0 Å². The van der Waals surface area contributed by atoms with Crippen LogP contribution in [0.3, 0.4) is 0 Å². The molecule has 0 saturated carbocycles. The second-order valence-electron chi connectivity index (χ2n) is 7.28. The zero-order valence-electron chi connectivity index (χ0n) is 14.8. The Morgan fingerprint density at radius 2 is 1.12 bits per heavy atom. The summed E-state index contributed by atoms with van der Waals surface area (Å²) in [5.41, 5.74) is 2.93. The van der Waals surface area contributed by atoms with E-state index in [2.05, 4.69) is 76.2 Å². The first-order valence-corrected chi connectivity index (χ1v) is 8.92. The molecule has 2 unspecified atom stereocenters. The van der Waals surface area contributed by atoms with E-state index >= 15 is 0 Å². The van der Waals surface area contributed by atoms with Crippen LogP contribution in [0.15, 0.2) is 58.5 Å². The van der Waals surface area contributed by atoms with Crippen molar-refractivity contribution in [1.29, 1.82) is 0 Å². The highest BCUT2D eigenvalue weighted by Gasteiger charge is 2.33. The van der Waals surface area contributed by atoms with Gasteiger partial charge in [0.05, 0.1) is 22.8 Å². The Morgan fingerprint density at radius 1 is 0.708 bits per heavy atom. The van der Waals surface area contributed by atoms with Gasteiger partial charge in [-0.05, 0) is 43.0 Å². The number of rotatable bonds is 3. The Balaban J connectivity index is 2.04. The van der Waals surface area contributed by atoms with Gasteiger partial charge in [0.1, 0.15) is 0 Å².